The van der Waals surface area contributed by atoms with Crippen LogP contribution in [0.4, 0.5) is 5.69 Å². The second-order valence-electron chi connectivity index (χ2n) is 6.83. The highest BCUT2D eigenvalue weighted by molar-refractivity contribution is 9.10. The van der Waals surface area contributed by atoms with Crippen LogP contribution in [-0.2, 0) is 19.4 Å². The number of anilines is 1. The summed E-state index contributed by atoms with van der Waals surface area (Å²) in [6.45, 7) is 10.9. The number of benzene rings is 1. The number of para-hydroxylation sites is 1. The van der Waals surface area contributed by atoms with Crippen LogP contribution in [0.5, 0.6) is 0 Å². The first kappa shape index (κ1) is 21.4. The maximum atomic E-state index is 13.1. The summed E-state index contributed by atoms with van der Waals surface area (Å²) in [6.07, 6.45) is 3.61. The maximum Gasteiger partial charge on any atom is 0.261 e. The summed E-state index contributed by atoms with van der Waals surface area (Å²) in [5.74, 6) is -0.338. The lowest BCUT2D eigenvalue weighted by atomic mass is 10.0. The fraction of sp³-hybridized carbons (Fsp3) is 0.455. The van der Waals surface area contributed by atoms with E-state index in [0.717, 1.165) is 60.4 Å². The molecule has 0 aliphatic rings. The van der Waals surface area contributed by atoms with Crippen LogP contribution in [0.2, 0.25) is 0 Å². The van der Waals surface area contributed by atoms with E-state index in [-0.39, 0.29) is 16.9 Å². The Morgan fingerprint density at radius 3 is 2.44 bits per heavy atom. The zero-order valence-corrected chi connectivity index (χ0v) is 18.5. The van der Waals surface area contributed by atoms with Crippen molar-refractivity contribution in [1.82, 2.24) is 4.57 Å². The van der Waals surface area contributed by atoms with Crippen LogP contribution < -0.4 is 10.7 Å². The minimum absolute atomic E-state index is 0.223. The third-order valence-electron chi connectivity index (χ3n) is 5.05. The number of pyridine rings is 1. The molecule has 5 heteroatoms. The molecule has 2 aromatic rings. The van der Waals surface area contributed by atoms with Crippen LogP contribution in [0.25, 0.3) is 0 Å². The molecule has 0 aliphatic heterocycles. The van der Waals surface area contributed by atoms with Gasteiger partial charge in [-0.15, -0.1) is 0 Å². The van der Waals surface area contributed by atoms with E-state index in [0.29, 0.717) is 4.47 Å². The van der Waals surface area contributed by atoms with E-state index in [4.69, 9.17) is 0 Å². The second-order valence-corrected chi connectivity index (χ2v) is 7.62. The molecule has 0 bridgehead atoms. The number of halogens is 1. The summed E-state index contributed by atoms with van der Waals surface area (Å²) in [4.78, 5) is 26.1. The number of carbonyl (C=O) groups excluding carboxylic acids is 1. The second kappa shape index (κ2) is 9.36. The number of amides is 1. The van der Waals surface area contributed by atoms with Gasteiger partial charge < -0.3 is 9.88 Å². The number of hydrogen-bond donors (Lipinski definition) is 1. The highest BCUT2D eigenvalue weighted by atomic mass is 79.9. The Balaban J connectivity index is 2.57. The van der Waals surface area contributed by atoms with Crippen LogP contribution in [0.15, 0.2) is 27.5 Å². The number of carbonyl (C=O) groups is 1. The van der Waals surface area contributed by atoms with Gasteiger partial charge in [-0.25, -0.2) is 0 Å². The Morgan fingerprint density at radius 2 is 1.85 bits per heavy atom. The number of rotatable bonds is 7. The summed E-state index contributed by atoms with van der Waals surface area (Å²) in [5, 5.41) is 3.00. The molecule has 27 heavy (non-hydrogen) atoms. The van der Waals surface area contributed by atoms with Gasteiger partial charge >= 0.3 is 0 Å². The van der Waals surface area contributed by atoms with Gasteiger partial charge in [-0.3, -0.25) is 9.59 Å². The largest absolute Gasteiger partial charge is 0.347 e. The number of nitrogens with zero attached hydrogens (tertiary/aromatic N) is 1. The van der Waals surface area contributed by atoms with Gasteiger partial charge in [0.05, 0.1) is 4.47 Å². The minimum atomic E-state index is -0.338. The molecule has 1 amide bonds. The Morgan fingerprint density at radius 1 is 1.15 bits per heavy atom. The molecule has 0 aliphatic carbocycles. The molecule has 1 N–H and O–H groups in total. The standard InChI is InChI=1S/C22H29BrN2O2/c1-6-9-13-25-15(5)18(21(26)19(23)17(25)8-3)22(27)24-20-14(4)11-10-12-16(20)7-2/h10-12H,6-9,13H2,1-5H3,(H,24,27). The van der Waals surface area contributed by atoms with Gasteiger partial charge in [-0.2, -0.15) is 0 Å². The van der Waals surface area contributed by atoms with Crippen molar-refractivity contribution < 1.29 is 4.79 Å². The quantitative estimate of drug-likeness (QED) is 0.635. The number of unbranched alkanes of at least 4 members (excludes halogenated alkanes) is 1. The average molecular weight is 433 g/mol. The first-order chi connectivity index (χ1) is 12.9. The van der Waals surface area contributed by atoms with E-state index in [2.05, 4.69) is 39.7 Å². The molecule has 0 fully saturated rings. The van der Waals surface area contributed by atoms with Gasteiger partial charge in [0.15, 0.2) is 0 Å². The third-order valence-corrected chi connectivity index (χ3v) is 5.87. The van der Waals surface area contributed by atoms with E-state index in [9.17, 15) is 9.59 Å². The molecule has 0 spiro atoms. The monoisotopic (exact) mass is 432 g/mol. The highest BCUT2D eigenvalue weighted by Crippen LogP contribution is 2.24. The first-order valence-electron chi connectivity index (χ1n) is 9.68. The third kappa shape index (κ3) is 4.34. The first-order valence-corrected chi connectivity index (χ1v) is 10.5. The van der Waals surface area contributed by atoms with Crippen LogP contribution >= 0.6 is 15.9 Å². The molecule has 0 unspecified atom stereocenters. The number of nitrogens with one attached hydrogen (secondary N) is 1. The molecule has 2 rings (SSSR count). The molecule has 0 radical (unpaired) electrons. The summed E-state index contributed by atoms with van der Waals surface area (Å²) < 4.78 is 2.61. The minimum Gasteiger partial charge on any atom is -0.347 e. The zero-order valence-electron chi connectivity index (χ0n) is 16.9. The molecule has 1 aromatic carbocycles. The Kier molecular flexibility index (Phi) is 7.42. The lowest BCUT2D eigenvalue weighted by Gasteiger charge is -2.21. The Labute approximate surface area is 170 Å². The lowest BCUT2D eigenvalue weighted by molar-refractivity contribution is 0.102. The maximum absolute atomic E-state index is 13.1. The molecule has 0 atom stereocenters. The zero-order chi connectivity index (χ0) is 20.1. The molecular weight excluding hydrogens is 404 g/mol. The van der Waals surface area contributed by atoms with E-state index in [1.807, 2.05) is 39.0 Å². The van der Waals surface area contributed by atoms with Crippen molar-refractivity contribution in [2.24, 2.45) is 0 Å². The highest BCUT2D eigenvalue weighted by Gasteiger charge is 2.23. The van der Waals surface area contributed by atoms with Gasteiger partial charge in [0.25, 0.3) is 5.91 Å². The number of aryl methyl sites for hydroxylation is 2. The van der Waals surface area contributed by atoms with Crippen molar-refractivity contribution in [2.45, 2.75) is 66.8 Å². The van der Waals surface area contributed by atoms with Crippen molar-refractivity contribution in [3.8, 4) is 0 Å². The van der Waals surface area contributed by atoms with E-state index >= 15 is 0 Å². The van der Waals surface area contributed by atoms with Gasteiger partial charge in [0.2, 0.25) is 5.43 Å². The Bertz CT molecular complexity index is 900. The van der Waals surface area contributed by atoms with Gasteiger partial charge in [0.1, 0.15) is 5.56 Å². The number of aromatic nitrogens is 1. The number of hydrogen-bond acceptors (Lipinski definition) is 2. The molecule has 0 saturated heterocycles. The SMILES string of the molecule is CCCCn1c(C)c(C(=O)Nc2c(C)cccc2CC)c(=O)c(Br)c1CC. The summed E-state index contributed by atoms with van der Waals surface area (Å²) >= 11 is 3.45. The van der Waals surface area contributed by atoms with E-state index < -0.39 is 0 Å². The van der Waals surface area contributed by atoms with Crippen molar-refractivity contribution >= 4 is 27.5 Å². The smallest absolute Gasteiger partial charge is 0.261 e. The van der Waals surface area contributed by atoms with Crippen molar-refractivity contribution in [3.63, 3.8) is 0 Å². The van der Waals surface area contributed by atoms with Gasteiger partial charge in [-0.05, 0) is 60.2 Å². The Hall–Kier alpha value is -1.88. The van der Waals surface area contributed by atoms with Gasteiger partial charge in [-0.1, -0.05) is 45.4 Å². The molecule has 1 aromatic heterocycles. The fourth-order valence-electron chi connectivity index (χ4n) is 3.47. The topological polar surface area (TPSA) is 51.1 Å². The molecule has 4 nitrogen and oxygen atoms in total. The molecular formula is C22H29BrN2O2. The summed E-state index contributed by atoms with van der Waals surface area (Å²) in [7, 11) is 0. The predicted molar refractivity (Wildman–Crippen MR) is 116 cm³/mol. The van der Waals surface area contributed by atoms with Crippen molar-refractivity contribution in [2.75, 3.05) is 5.32 Å². The van der Waals surface area contributed by atoms with Crippen molar-refractivity contribution in [3.05, 3.63) is 61.0 Å². The van der Waals surface area contributed by atoms with Crippen LogP contribution in [-0.4, -0.2) is 10.5 Å². The normalized spacial score (nSPS) is 10.9. The molecule has 146 valence electrons. The van der Waals surface area contributed by atoms with E-state index in [1.165, 1.54) is 0 Å². The van der Waals surface area contributed by atoms with E-state index in [1.54, 1.807) is 0 Å². The van der Waals surface area contributed by atoms with Crippen molar-refractivity contribution in [1.29, 1.82) is 0 Å². The van der Waals surface area contributed by atoms with Crippen LogP contribution in [0.3, 0.4) is 0 Å². The summed E-state index contributed by atoms with van der Waals surface area (Å²) in [5.41, 5.74) is 4.54. The summed E-state index contributed by atoms with van der Waals surface area (Å²) in [6, 6.07) is 5.96. The molecule has 0 saturated carbocycles. The predicted octanol–water partition coefficient (Wildman–Crippen LogP) is 5.40. The van der Waals surface area contributed by atoms with Crippen LogP contribution in [0, 0.1) is 13.8 Å². The average Bonchev–Trinajstić information content (AvgIpc) is 2.65. The lowest BCUT2D eigenvalue weighted by Crippen LogP contribution is -2.29. The van der Waals surface area contributed by atoms with Gasteiger partial charge in [0, 0.05) is 23.6 Å². The molecule has 1 heterocycles. The van der Waals surface area contributed by atoms with Crippen LogP contribution in [0.1, 0.15) is 66.5 Å². The fourth-order valence-corrected chi connectivity index (χ4v) is 4.16.